The van der Waals surface area contributed by atoms with E-state index in [1.165, 1.54) is 4.31 Å². The summed E-state index contributed by atoms with van der Waals surface area (Å²) in [6, 6.07) is 5.59. The average molecular weight is 313 g/mol. The minimum Gasteiger partial charge on any atom is -0.316 e. The molecule has 21 heavy (non-hydrogen) atoms. The first-order valence-electron chi connectivity index (χ1n) is 7.14. The fourth-order valence-electron chi connectivity index (χ4n) is 2.13. The summed E-state index contributed by atoms with van der Waals surface area (Å²) in [6.07, 6.45) is 0.817. The Bertz CT molecular complexity index is 556. The molecule has 120 valence electrons. The molecule has 0 aliphatic heterocycles. The molecule has 0 aliphatic rings. The van der Waals surface area contributed by atoms with E-state index in [2.05, 4.69) is 10.2 Å². The van der Waals surface area contributed by atoms with Crippen LogP contribution in [0.2, 0.25) is 0 Å². The highest BCUT2D eigenvalue weighted by molar-refractivity contribution is 7.89. The number of aryl methyl sites for hydroxylation is 1. The molecule has 0 amide bonds. The summed E-state index contributed by atoms with van der Waals surface area (Å²) in [5.74, 6) is 0. The van der Waals surface area contributed by atoms with Gasteiger partial charge >= 0.3 is 0 Å². The van der Waals surface area contributed by atoms with E-state index < -0.39 is 10.0 Å². The summed E-state index contributed by atoms with van der Waals surface area (Å²) in [5, 5.41) is 3.04. The molecule has 0 saturated carbocycles. The van der Waals surface area contributed by atoms with Crippen LogP contribution in [-0.4, -0.2) is 58.9 Å². The Balaban J connectivity index is 2.93. The van der Waals surface area contributed by atoms with E-state index in [0.717, 1.165) is 24.1 Å². The molecule has 0 atom stereocenters. The molecule has 0 heterocycles. The first-order valence-corrected chi connectivity index (χ1v) is 8.58. The van der Waals surface area contributed by atoms with Gasteiger partial charge in [0.05, 0.1) is 4.90 Å². The van der Waals surface area contributed by atoms with Crippen LogP contribution in [0.1, 0.15) is 17.5 Å². The van der Waals surface area contributed by atoms with Crippen LogP contribution in [0.25, 0.3) is 0 Å². The monoisotopic (exact) mass is 313 g/mol. The molecule has 0 aromatic heterocycles. The second kappa shape index (κ2) is 7.89. The zero-order valence-electron chi connectivity index (χ0n) is 13.7. The maximum absolute atomic E-state index is 12.7. The molecule has 5 nitrogen and oxygen atoms in total. The van der Waals surface area contributed by atoms with Crippen molar-refractivity contribution < 1.29 is 8.42 Å². The lowest BCUT2D eigenvalue weighted by molar-refractivity contribution is 0.370. The highest BCUT2D eigenvalue weighted by Crippen LogP contribution is 2.20. The minimum absolute atomic E-state index is 0.405. The normalized spacial score (nSPS) is 12.3. The Labute approximate surface area is 129 Å². The summed E-state index contributed by atoms with van der Waals surface area (Å²) in [6.45, 7) is 3.89. The van der Waals surface area contributed by atoms with Gasteiger partial charge in [0.2, 0.25) is 10.0 Å². The van der Waals surface area contributed by atoms with E-state index in [1.54, 1.807) is 13.1 Å². The Morgan fingerprint density at radius 1 is 1.14 bits per heavy atom. The number of nitrogens with zero attached hydrogens (tertiary/aromatic N) is 2. The summed E-state index contributed by atoms with van der Waals surface area (Å²) >= 11 is 0. The maximum atomic E-state index is 12.7. The molecular weight excluding hydrogens is 286 g/mol. The van der Waals surface area contributed by atoms with Gasteiger partial charge in [-0.05, 0) is 58.2 Å². The van der Waals surface area contributed by atoms with E-state index in [4.69, 9.17) is 0 Å². The second-order valence-corrected chi connectivity index (χ2v) is 7.63. The molecule has 0 fully saturated rings. The molecule has 0 aliphatic carbocycles. The van der Waals surface area contributed by atoms with Gasteiger partial charge in [-0.1, -0.05) is 12.1 Å². The number of hydrogen-bond donors (Lipinski definition) is 1. The maximum Gasteiger partial charge on any atom is 0.243 e. The number of benzene rings is 1. The third-order valence-electron chi connectivity index (χ3n) is 3.40. The molecule has 0 radical (unpaired) electrons. The molecule has 1 aromatic carbocycles. The zero-order chi connectivity index (χ0) is 16.0. The molecule has 0 bridgehead atoms. The minimum atomic E-state index is -3.42. The van der Waals surface area contributed by atoms with Crippen LogP contribution in [0.5, 0.6) is 0 Å². The zero-order valence-corrected chi connectivity index (χ0v) is 14.5. The van der Waals surface area contributed by atoms with Gasteiger partial charge in [0, 0.05) is 20.1 Å². The fourth-order valence-corrected chi connectivity index (χ4v) is 3.61. The van der Waals surface area contributed by atoms with Crippen LogP contribution in [0.3, 0.4) is 0 Å². The van der Waals surface area contributed by atoms with Gasteiger partial charge in [0.1, 0.15) is 0 Å². The van der Waals surface area contributed by atoms with Crippen molar-refractivity contribution in [1.82, 2.24) is 14.5 Å². The molecule has 1 aromatic rings. The molecule has 0 saturated heterocycles. The van der Waals surface area contributed by atoms with E-state index in [9.17, 15) is 8.42 Å². The number of nitrogens with one attached hydrogen (secondary N) is 1. The first kappa shape index (κ1) is 18.1. The van der Waals surface area contributed by atoms with Crippen LogP contribution in [0.15, 0.2) is 23.1 Å². The Kier molecular flexibility index (Phi) is 6.80. The third-order valence-corrected chi connectivity index (χ3v) is 5.40. The van der Waals surface area contributed by atoms with Crippen LogP contribution in [0, 0.1) is 6.92 Å². The standard InChI is InChI=1S/C15H27N3O2S/c1-13-7-8-14(12-16-2)11-15(13)21(19,20)18(5)10-6-9-17(3)4/h7-8,11,16H,6,9-10,12H2,1-5H3. The summed E-state index contributed by atoms with van der Waals surface area (Å²) in [5.41, 5.74) is 1.76. The van der Waals surface area contributed by atoms with Crippen LogP contribution in [-0.2, 0) is 16.6 Å². The summed E-state index contributed by atoms with van der Waals surface area (Å²) in [7, 11) is 4.05. The van der Waals surface area contributed by atoms with Crippen molar-refractivity contribution in [2.45, 2.75) is 24.8 Å². The molecule has 0 unspecified atom stereocenters. The molecule has 6 heteroatoms. The highest BCUT2D eigenvalue weighted by atomic mass is 32.2. The smallest absolute Gasteiger partial charge is 0.243 e. The number of sulfonamides is 1. The Morgan fingerprint density at radius 3 is 2.38 bits per heavy atom. The van der Waals surface area contributed by atoms with E-state index in [1.807, 2.05) is 40.2 Å². The third kappa shape index (κ3) is 5.07. The number of hydrogen-bond acceptors (Lipinski definition) is 4. The lowest BCUT2D eigenvalue weighted by Crippen LogP contribution is -2.30. The van der Waals surface area contributed by atoms with Crippen molar-refractivity contribution in [3.05, 3.63) is 29.3 Å². The molecule has 0 spiro atoms. The van der Waals surface area contributed by atoms with Gasteiger partial charge in [0.25, 0.3) is 0 Å². The lowest BCUT2D eigenvalue weighted by Gasteiger charge is -2.20. The molecular formula is C15H27N3O2S. The van der Waals surface area contributed by atoms with Crippen molar-refractivity contribution in [1.29, 1.82) is 0 Å². The van der Waals surface area contributed by atoms with Gasteiger partial charge in [-0.25, -0.2) is 12.7 Å². The second-order valence-electron chi connectivity index (χ2n) is 5.61. The predicted octanol–water partition coefficient (Wildman–Crippen LogP) is 1.29. The van der Waals surface area contributed by atoms with Gasteiger partial charge in [-0.15, -0.1) is 0 Å². The summed E-state index contributed by atoms with van der Waals surface area (Å²) in [4.78, 5) is 2.46. The van der Waals surface area contributed by atoms with Crippen molar-refractivity contribution in [3.8, 4) is 0 Å². The average Bonchev–Trinajstić information content (AvgIpc) is 2.40. The van der Waals surface area contributed by atoms with E-state index in [0.29, 0.717) is 18.0 Å². The van der Waals surface area contributed by atoms with Gasteiger partial charge in [-0.3, -0.25) is 0 Å². The van der Waals surface area contributed by atoms with Crippen LogP contribution >= 0.6 is 0 Å². The van der Waals surface area contributed by atoms with Gasteiger partial charge in [-0.2, -0.15) is 0 Å². The first-order chi connectivity index (χ1) is 9.78. The SMILES string of the molecule is CNCc1ccc(C)c(S(=O)(=O)N(C)CCCN(C)C)c1. The largest absolute Gasteiger partial charge is 0.316 e. The summed E-state index contributed by atoms with van der Waals surface area (Å²) < 4.78 is 26.8. The Morgan fingerprint density at radius 2 is 1.81 bits per heavy atom. The quantitative estimate of drug-likeness (QED) is 0.786. The predicted molar refractivity (Wildman–Crippen MR) is 86.9 cm³/mol. The topological polar surface area (TPSA) is 52.7 Å². The number of rotatable bonds is 8. The lowest BCUT2D eigenvalue weighted by atomic mass is 10.1. The highest BCUT2D eigenvalue weighted by Gasteiger charge is 2.22. The van der Waals surface area contributed by atoms with Gasteiger partial charge < -0.3 is 10.2 Å². The molecule has 1 rings (SSSR count). The van der Waals surface area contributed by atoms with Crippen molar-refractivity contribution >= 4 is 10.0 Å². The van der Waals surface area contributed by atoms with E-state index >= 15 is 0 Å². The van der Waals surface area contributed by atoms with Crippen molar-refractivity contribution in [3.63, 3.8) is 0 Å². The molecule has 1 N–H and O–H groups in total. The van der Waals surface area contributed by atoms with Crippen LogP contribution in [0.4, 0.5) is 0 Å². The van der Waals surface area contributed by atoms with Gasteiger partial charge in [0.15, 0.2) is 0 Å². The van der Waals surface area contributed by atoms with Crippen molar-refractivity contribution in [2.24, 2.45) is 0 Å². The van der Waals surface area contributed by atoms with E-state index in [-0.39, 0.29) is 0 Å². The van der Waals surface area contributed by atoms with Crippen LogP contribution < -0.4 is 5.32 Å². The van der Waals surface area contributed by atoms with Crippen molar-refractivity contribution in [2.75, 3.05) is 41.3 Å². The fraction of sp³-hybridized carbons (Fsp3) is 0.600. The Hall–Kier alpha value is -0.950.